The van der Waals surface area contributed by atoms with Gasteiger partial charge in [0.1, 0.15) is 5.75 Å². The van der Waals surface area contributed by atoms with Gasteiger partial charge in [0.2, 0.25) is 5.28 Å². The van der Waals surface area contributed by atoms with Gasteiger partial charge in [0.05, 0.1) is 23.0 Å². The number of halogens is 1. The minimum atomic E-state index is -3.81. The second kappa shape index (κ2) is 5.05. The number of para-hydroxylation sites is 2. The van der Waals surface area contributed by atoms with E-state index in [4.69, 9.17) is 16.3 Å². The molecule has 1 heterocycles. The molecule has 0 amide bonds. The first-order valence-electron chi connectivity index (χ1n) is 6.06. The van der Waals surface area contributed by atoms with Crippen LogP contribution < -0.4 is 4.74 Å². The van der Waals surface area contributed by atoms with Crippen molar-refractivity contribution >= 4 is 32.7 Å². The third kappa shape index (κ3) is 2.26. The quantitative estimate of drug-likeness (QED) is 0.744. The van der Waals surface area contributed by atoms with Gasteiger partial charge in [-0.3, -0.25) is 0 Å². The van der Waals surface area contributed by atoms with Gasteiger partial charge < -0.3 is 4.74 Å². The number of hydrogen-bond donors (Lipinski definition) is 0. The Morgan fingerprint density at radius 2 is 1.76 bits per heavy atom. The summed E-state index contributed by atoms with van der Waals surface area (Å²) in [5.74, 6) is 0.579. The van der Waals surface area contributed by atoms with E-state index in [0.29, 0.717) is 16.8 Å². The first kappa shape index (κ1) is 13.9. The molecule has 0 aliphatic carbocycles. The maximum Gasteiger partial charge on any atom is 0.270 e. The number of fused-ring (bicyclic) bond motifs is 1. The van der Waals surface area contributed by atoms with Crippen LogP contribution in [0, 0.1) is 0 Å². The van der Waals surface area contributed by atoms with Crippen molar-refractivity contribution in [2.45, 2.75) is 4.90 Å². The fraction of sp³-hybridized carbons (Fsp3) is 0.0714. The number of ether oxygens (including phenoxy) is 1. The number of benzene rings is 2. The van der Waals surface area contributed by atoms with Crippen LogP contribution in [0.1, 0.15) is 0 Å². The summed E-state index contributed by atoms with van der Waals surface area (Å²) in [5.41, 5.74) is 0.970. The van der Waals surface area contributed by atoms with E-state index in [1.807, 2.05) is 0 Å². The Labute approximate surface area is 126 Å². The monoisotopic (exact) mass is 322 g/mol. The lowest BCUT2D eigenvalue weighted by Gasteiger charge is -2.08. The van der Waals surface area contributed by atoms with Crippen LogP contribution in [-0.2, 0) is 10.0 Å². The van der Waals surface area contributed by atoms with Crippen molar-refractivity contribution < 1.29 is 13.2 Å². The lowest BCUT2D eigenvalue weighted by atomic mass is 10.3. The first-order chi connectivity index (χ1) is 10.0. The molecule has 3 rings (SSSR count). The Hall–Kier alpha value is -2.05. The van der Waals surface area contributed by atoms with Crippen LogP contribution in [0.2, 0.25) is 5.28 Å². The van der Waals surface area contributed by atoms with Crippen LogP contribution in [0.25, 0.3) is 11.0 Å². The molecular formula is C14H11ClN2O3S. The number of rotatable bonds is 3. The van der Waals surface area contributed by atoms with E-state index in [2.05, 4.69) is 4.98 Å². The van der Waals surface area contributed by atoms with Crippen LogP contribution in [0.3, 0.4) is 0 Å². The maximum atomic E-state index is 12.7. The molecule has 0 aliphatic heterocycles. The van der Waals surface area contributed by atoms with E-state index in [0.717, 1.165) is 3.97 Å². The van der Waals surface area contributed by atoms with E-state index < -0.39 is 10.0 Å². The molecule has 3 aromatic rings. The fourth-order valence-electron chi connectivity index (χ4n) is 2.06. The standard InChI is InChI=1S/C14H11ClN2O3S/c1-20-10-6-8-11(9-7-10)21(18,19)17-13-5-3-2-4-12(13)16-14(17)15/h2-9H,1H3. The molecule has 0 fully saturated rings. The van der Waals surface area contributed by atoms with Crippen molar-refractivity contribution in [1.29, 1.82) is 0 Å². The molecule has 7 heteroatoms. The molecule has 0 N–H and O–H groups in total. The van der Waals surface area contributed by atoms with Gasteiger partial charge in [0.15, 0.2) is 0 Å². The van der Waals surface area contributed by atoms with Crippen molar-refractivity contribution in [3.63, 3.8) is 0 Å². The number of hydrogen-bond acceptors (Lipinski definition) is 4. The molecule has 1 aromatic heterocycles. The lowest BCUT2D eigenvalue weighted by Crippen LogP contribution is -2.13. The molecule has 0 aliphatic rings. The Balaban J connectivity index is 2.22. The summed E-state index contributed by atoms with van der Waals surface area (Å²) in [7, 11) is -2.29. The topological polar surface area (TPSA) is 61.2 Å². The molecule has 0 saturated heterocycles. The van der Waals surface area contributed by atoms with Gasteiger partial charge in [0, 0.05) is 0 Å². The van der Waals surface area contributed by atoms with Gasteiger partial charge in [0.25, 0.3) is 10.0 Å². The predicted molar refractivity (Wildman–Crippen MR) is 80.3 cm³/mol. The smallest absolute Gasteiger partial charge is 0.270 e. The second-order valence-corrected chi connectivity index (χ2v) is 6.44. The zero-order valence-corrected chi connectivity index (χ0v) is 12.6. The third-order valence-electron chi connectivity index (χ3n) is 3.08. The van der Waals surface area contributed by atoms with Gasteiger partial charge in [-0.1, -0.05) is 12.1 Å². The Kier molecular flexibility index (Phi) is 3.35. The van der Waals surface area contributed by atoms with Crippen molar-refractivity contribution in [3.8, 4) is 5.75 Å². The largest absolute Gasteiger partial charge is 0.497 e. The first-order valence-corrected chi connectivity index (χ1v) is 7.88. The van der Waals surface area contributed by atoms with Gasteiger partial charge in [-0.25, -0.2) is 17.4 Å². The zero-order chi connectivity index (χ0) is 15.0. The summed E-state index contributed by atoms with van der Waals surface area (Å²) in [5, 5.41) is -0.0907. The highest BCUT2D eigenvalue weighted by atomic mass is 35.5. The van der Waals surface area contributed by atoms with E-state index in [9.17, 15) is 8.42 Å². The number of methoxy groups -OCH3 is 1. The van der Waals surface area contributed by atoms with Crippen LogP contribution in [-0.4, -0.2) is 24.5 Å². The molecule has 0 atom stereocenters. The average Bonchev–Trinajstić information content (AvgIpc) is 2.83. The van der Waals surface area contributed by atoms with Gasteiger partial charge in [-0.2, -0.15) is 0 Å². The van der Waals surface area contributed by atoms with Crippen LogP contribution in [0.15, 0.2) is 53.4 Å². The maximum absolute atomic E-state index is 12.7. The fourth-order valence-corrected chi connectivity index (χ4v) is 3.85. The Bertz CT molecular complexity index is 902. The average molecular weight is 323 g/mol. The highest BCUT2D eigenvalue weighted by molar-refractivity contribution is 7.90. The molecule has 0 saturated carbocycles. The predicted octanol–water partition coefficient (Wildman–Crippen LogP) is 2.94. The number of nitrogens with zero attached hydrogens (tertiary/aromatic N) is 2. The van der Waals surface area contributed by atoms with Gasteiger partial charge in [-0.15, -0.1) is 0 Å². The molecule has 108 valence electrons. The molecule has 5 nitrogen and oxygen atoms in total. The molecule has 0 unspecified atom stereocenters. The second-order valence-electron chi connectivity index (χ2n) is 4.31. The molecule has 2 aromatic carbocycles. The molecule has 0 spiro atoms. The summed E-state index contributed by atoms with van der Waals surface area (Å²) >= 11 is 6.01. The highest BCUT2D eigenvalue weighted by Crippen LogP contribution is 2.26. The van der Waals surface area contributed by atoms with E-state index in [1.54, 1.807) is 36.4 Å². The van der Waals surface area contributed by atoms with E-state index >= 15 is 0 Å². The summed E-state index contributed by atoms with van der Waals surface area (Å²) in [6.07, 6.45) is 0. The van der Waals surface area contributed by atoms with Crippen molar-refractivity contribution in [1.82, 2.24) is 8.96 Å². The van der Waals surface area contributed by atoms with Gasteiger partial charge >= 0.3 is 0 Å². The SMILES string of the molecule is COc1ccc(S(=O)(=O)n2c(Cl)nc3ccccc32)cc1. The molecule has 0 radical (unpaired) electrons. The summed E-state index contributed by atoms with van der Waals surface area (Å²) in [4.78, 5) is 4.18. The molecular weight excluding hydrogens is 312 g/mol. The Morgan fingerprint density at radius 3 is 2.43 bits per heavy atom. The molecule has 21 heavy (non-hydrogen) atoms. The zero-order valence-electron chi connectivity index (χ0n) is 11.0. The highest BCUT2D eigenvalue weighted by Gasteiger charge is 2.23. The normalized spacial score (nSPS) is 11.7. The molecule has 0 bridgehead atoms. The number of aromatic nitrogens is 2. The van der Waals surface area contributed by atoms with Crippen LogP contribution in [0.4, 0.5) is 0 Å². The van der Waals surface area contributed by atoms with Gasteiger partial charge in [-0.05, 0) is 48.0 Å². The Morgan fingerprint density at radius 1 is 1.10 bits per heavy atom. The van der Waals surface area contributed by atoms with Crippen molar-refractivity contribution in [2.24, 2.45) is 0 Å². The number of imidazole rings is 1. The van der Waals surface area contributed by atoms with Crippen LogP contribution in [0.5, 0.6) is 5.75 Å². The van der Waals surface area contributed by atoms with E-state index in [-0.39, 0.29) is 10.2 Å². The minimum Gasteiger partial charge on any atom is -0.497 e. The minimum absolute atomic E-state index is 0.0907. The third-order valence-corrected chi connectivity index (χ3v) is 5.15. The van der Waals surface area contributed by atoms with E-state index in [1.165, 1.54) is 19.2 Å². The van der Waals surface area contributed by atoms with Crippen molar-refractivity contribution in [3.05, 3.63) is 53.8 Å². The van der Waals surface area contributed by atoms with Crippen LogP contribution >= 0.6 is 11.6 Å². The van der Waals surface area contributed by atoms with Crippen molar-refractivity contribution in [2.75, 3.05) is 7.11 Å². The summed E-state index contributed by atoms with van der Waals surface area (Å²) < 4.78 is 31.5. The lowest BCUT2D eigenvalue weighted by molar-refractivity contribution is 0.414. The summed E-state index contributed by atoms with van der Waals surface area (Å²) in [6, 6.07) is 13.0. The summed E-state index contributed by atoms with van der Waals surface area (Å²) in [6.45, 7) is 0.